The Balaban J connectivity index is 2.62. The van der Waals surface area contributed by atoms with Crippen LogP contribution in [-0.4, -0.2) is 47.3 Å². The van der Waals surface area contributed by atoms with Crippen LogP contribution in [0.15, 0.2) is 24.3 Å². The summed E-state index contributed by atoms with van der Waals surface area (Å²) in [6, 6.07) is 7.77. The number of rotatable bonds is 6. The number of aryl methyl sites for hydroxylation is 1. The third-order valence-corrected chi connectivity index (χ3v) is 2.53. The van der Waals surface area contributed by atoms with Gasteiger partial charge in [0.1, 0.15) is 0 Å². The topological polar surface area (TPSA) is 60.8 Å². The Kier molecular flexibility index (Phi) is 5.66. The number of nitrogens with zero attached hydrogens (tertiary/aromatic N) is 1. The zero-order valence-corrected chi connectivity index (χ0v) is 10.1. The summed E-state index contributed by atoms with van der Waals surface area (Å²) < 4.78 is 0. The number of hydrogen-bond donors (Lipinski definition) is 2. The van der Waals surface area contributed by atoms with Gasteiger partial charge >= 0.3 is 0 Å². The molecule has 0 heterocycles. The molecule has 17 heavy (non-hydrogen) atoms. The molecule has 1 aromatic rings. The van der Waals surface area contributed by atoms with Crippen molar-refractivity contribution in [1.29, 1.82) is 0 Å². The van der Waals surface area contributed by atoms with Crippen LogP contribution in [0.2, 0.25) is 0 Å². The first-order chi connectivity index (χ1) is 8.17. The Morgan fingerprint density at radius 3 is 2.41 bits per heavy atom. The third-order valence-electron chi connectivity index (χ3n) is 2.53. The van der Waals surface area contributed by atoms with Gasteiger partial charge in [-0.05, 0) is 12.5 Å². The van der Waals surface area contributed by atoms with Gasteiger partial charge in [-0.1, -0.05) is 29.8 Å². The number of aliphatic hydroxyl groups excluding tert-OH is 2. The number of benzene rings is 1. The van der Waals surface area contributed by atoms with E-state index in [4.69, 9.17) is 10.2 Å². The predicted molar refractivity (Wildman–Crippen MR) is 65.6 cm³/mol. The minimum absolute atomic E-state index is 0.0706. The molecule has 1 amide bonds. The average molecular weight is 237 g/mol. The molecule has 2 N–H and O–H groups in total. The fourth-order valence-corrected chi connectivity index (χ4v) is 1.71. The van der Waals surface area contributed by atoms with Gasteiger partial charge in [0.25, 0.3) is 0 Å². The SMILES string of the molecule is Cc1cccc(CC(=O)N(CCO)CCO)c1. The second-order valence-corrected chi connectivity index (χ2v) is 3.99. The van der Waals surface area contributed by atoms with Crippen molar-refractivity contribution in [2.75, 3.05) is 26.3 Å². The summed E-state index contributed by atoms with van der Waals surface area (Å²) in [5, 5.41) is 17.7. The number of hydrogen-bond acceptors (Lipinski definition) is 3. The van der Waals surface area contributed by atoms with Crippen LogP contribution >= 0.6 is 0 Å². The fraction of sp³-hybridized carbons (Fsp3) is 0.462. The smallest absolute Gasteiger partial charge is 0.227 e. The van der Waals surface area contributed by atoms with Crippen molar-refractivity contribution >= 4 is 5.91 Å². The Bertz CT molecular complexity index is 359. The van der Waals surface area contributed by atoms with Crippen molar-refractivity contribution in [1.82, 2.24) is 4.90 Å². The molecule has 0 radical (unpaired) electrons. The second kappa shape index (κ2) is 7.04. The summed E-state index contributed by atoms with van der Waals surface area (Å²) >= 11 is 0. The molecule has 0 aliphatic rings. The molecule has 1 aromatic carbocycles. The highest BCUT2D eigenvalue weighted by atomic mass is 16.3. The molecule has 4 heteroatoms. The summed E-state index contributed by atoms with van der Waals surface area (Å²) in [5.74, 6) is -0.0706. The molecule has 0 aromatic heterocycles. The maximum atomic E-state index is 11.9. The van der Waals surface area contributed by atoms with Gasteiger partial charge in [-0.15, -0.1) is 0 Å². The Morgan fingerprint density at radius 2 is 1.88 bits per heavy atom. The Morgan fingerprint density at radius 1 is 1.24 bits per heavy atom. The van der Waals surface area contributed by atoms with Gasteiger partial charge < -0.3 is 15.1 Å². The van der Waals surface area contributed by atoms with Crippen LogP contribution in [0.3, 0.4) is 0 Å². The monoisotopic (exact) mass is 237 g/mol. The molecular formula is C13H19NO3. The van der Waals surface area contributed by atoms with Crippen molar-refractivity contribution in [2.24, 2.45) is 0 Å². The molecule has 0 atom stereocenters. The number of aliphatic hydroxyl groups is 2. The lowest BCUT2D eigenvalue weighted by Gasteiger charge is -2.20. The van der Waals surface area contributed by atoms with E-state index < -0.39 is 0 Å². The normalized spacial score (nSPS) is 10.3. The van der Waals surface area contributed by atoms with Gasteiger partial charge in [0.05, 0.1) is 19.6 Å². The fourth-order valence-electron chi connectivity index (χ4n) is 1.71. The highest BCUT2D eigenvalue weighted by Crippen LogP contribution is 2.06. The molecule has 0 unspecified atom stereocenters. The van der Waals surface area contributed by atoms with Crippen LogP contribution in [0, 0.1) is 6.92 Å². The summed E-state index contributed by atoms with van der Waals surface area (Å²) in [4.78, 5) is 13.4. The van der Waals surface area contributed by atoms with Crippen molar-refractivity contribution in [2.45, 2.75) is 13.3 Å². The van der Waals surface area contributed by atoms with E-state index in [1.165, 1.54) is 4.90 Å². The molecule has 0 spiro atoms. The van der Waals surface area contributed by atoms with Gasteiger partial charge in [-0.25, -0.2) is 0 Å². The van der Waals surface area contributed by atoms with E-state index >= 15 is 0 Å². The minimum Gasteiger partial charge on any atom is -0.395 e. The highest BCUT2D eigenvalue weighted by molar-refractivity contribution is 5.78. The summed E-state index contributed by atoms with van der Waals surface area (Å²) in [7, 11) is 0. The van der Waals surface area contributed by atoms with Gasteiger partial charge in [0, 0.05) is 13.1 Å². The number of carbonyl (C=O) groups is 1. The van der Waals surface area contributed by atoms with Crippen LogP contribution in [0.1, 0.15) is 11.1 Å². The number of amides is 1. The lowest BCUT2D eigenvalue weighted by atomic mass is 10.1. The van der Waals surface area contributed by atoms with Gasteiger partial charge in [0.15, 0.2) is 0 Å². The van der Waals surface area contributed by atoms with Crippen LogP contribution in [0.5, 0.6) is 0 Å². The highest BCUT2D eigenvalue weighted by Gasteiger charge is 2.12. The zero-order valence-electron chi connectivity index (χ0n) is 10.1. The van der Waals surface area contributed by atoms with E-state index in [0.29, 0.717) is 6.42 Å². The lowest BCUT2D eigenvalue weighted by molar-refractivity contribution is -0.131. The summed E-state index contributed by atoms with van der Waals surface area (Å²) in [5.41, 5.74) is 2.07. The van der Waals surface area contributed by atoms with E-state index in [1.54, 1.807) is 0 Å². The summed E-state index contributed by atoms with van der Waals surface area (Å²) in [6.07, 6.45) is 0.307. The second-order valence-electron chi connectivity index (χ2n) is 3.99. The average Bonchev–Trinajstić information content (AvgIpc) is 2.28. The first kappa shape index (κ1) is 13.7. The molecule has 94 valence electrons. The van der Waals surface area contributed by atoms with E-state index in [0.717, 1.165) is 11.1 Å². The van der Waals surface area contributed by atoms with Gasteiger partial charge in [-0.3, -0.25) is 4.79 Å². The van der Waals surface area contributed by atoms with Crippen LogP contribution in [-0.2, 0) is 11.2 Å². The molecular weight excluding hydrogens is 218 g/mol. The number of carbonyl (C=O) groups excluding carboxylic acids is 1. The van der Waals surface area contributed by atoms with Crippen LogP contribution in [0.4, 0.5) is 0 Å². The molecule has 0 saturated carbocycles. The molecule has 0 aliphatic heterocycles. The first-order valence-corrected chi connectivity index (χ1v) is 5.72. The van der Waals surface area contributed by atoms with E-state index in [9.17, 15) is 4.79 Å². The minimum atomic E-state index is -0.0838. The quantitative estimate of drug-likeness (QED) is 0.750. The van der Waals surface area contributed by atoms with Crippen molar-refractivity contribution in [3.8, 4) is 0 Å². The van der Waals surface area contributed by atoms with Gasteiger partial charge in [-0.2, -0.15) is 0 Å². The molecule has 4 nitrogen and oxygen atoms in total. The largest absolute Gasteiger partial charge is 0.395 e. The lowest BCUT2D eigenvalue weighted by Crippen LogP contribution is -2.36. The Labute approximate surface area is 101 Å². The molecule has 0 saturated heterocycles. The maximum Gasteiger partial charge on any atom is 0.227 e. The molecule has 0 aliphatic carbocycles. The molecule has 0 fully saturated rings. The van der Waals surface area contributed by atoms with Crippen LogP contribution < -0.4 is 0 Å². The van der Waals surface area contributed by atoms with Gasteiger partial charge in [0.2, 0.25) is 5.91 Å². The third kappa shape index (κ3) is 4.54. The van der Waals surface area contributed by atoms with Crippen molar-refractivity contribution in [3.63, 3.8) is 0 Å². The van der Waals surface area contributed by atoms with Crippen molar-refractivity contribution in [3.05, 3.63) is 35.4 Å². The van der Waals surface area contributed by atoms with Crippen molar-refractivity contribution < 1.29 is 15.0 Å². The van der Waals surface area contributed by atoms with E-state index in [1.807, 2.05) is 31.2 Å². The standard InChI is InChI=1S/C13H19NO3/c1-11-3-2-4-12(9-11)10-13(17)14(5-7-15)6-8-16/h2-4,9,15-16H,5-8,10H2,1H3. The summed E-state index contributed by atoms with van der Waals surface area (Å²) in [6.45, 7) is 2.35. The maximum absolute atomic E-state index is 11.9. The predicted octanol–water partition coefficient (Wildman–Crippen LogP) is 0.351. The Hall–Kier alpha value is -1.39. The van der Waals surface area contributed by atoms with Crippen LogP contribution in [0.25, 0.3) is 0 Å². The van der Waals surface area contributed by atoms with E-state index in [2.05, 4.69) is 0 Å². The molecule has 0 bridgehead atoms. The zero-order chi connectivity index (χ0) is 12.7. The van der Waals surface area contributed by atoms with E-state index in [-0.39, 0.29) is 32.2 Å². The first-order valence-electron chi connectivity index (χ1n) is 5.72. The molecule has 1 rings (SSSR count).